The smallest absolute Gasteiger partial charge is 0.395 e. The molecular formula is C15H22F3N3O2. The van der Waals surface area contributed by atoms with Crippen LogP contribution in [0.5, 0.6) is 0 Å². The van der Waals surface area contributed by atoms with Crippen LogP contribution in [0.1, 0.15) is 18.9 Å². The Morgan fingerprint density at radius 1 is 1.26 bits per heavy atom. The summed E-state index contributed by atoms with van der Waals surface area (Å²) in [6, 6.07) is 3.07. The fourth-order valence-corrected chi connectivity index (χ4v) is 2.05. The minimum Gasteiger partial charge on any atom is -0.395 e. The van der Waals surface area contributed by atoms with E-state index in [9.17, 15) is 18.0 Å². The second-order valence-electron chi connectivity index (χ2n) is 5.26. The minimum absolute atomic E-state index is 0.0663. The van der Waals surface area contributed by atoms with E-state index in [1.165, 1.54) is 17.0 Å². The van der Waals surface area contributed by atoms with Crippen molar-refractivity contribution in [1.82, 2.24) is 4.90 Å². The number of benzene rings is 1. The molecule has 0 atom stereocenters. The maximum atomic E-state index is 13.2. The number of carbonyl (C=O) groups excluding carboxylic acids is 1. The molecule has 0 aliphatic heterocycles. The molecule has 1 rings (SSSR count). The zero-order valence-electron chi connectivity index (χ0n) is 13.4. The van der Waals surface area contributed by atoms with Crippen molar-refractivity contribution in [1.29, 1.82) is 0 Å². The van der Waals surface area contributed by atoms with Crippen LogP contribution in [0.25, 0.3) is 0 Å². The van der Waals surface area contributed by atoms with Crippen molar-refractivity contribution in [2.75, 3.05) is 44.0 Å². The molecule has 0 spiro atoms. The summed E-state index contributed by atoms with van der Waals surface area (Å²) >= 11 is 0. The molecule has 23 heavy (non-hydrogen) atoms. The summed E-state index contributed by atoms with van der Waals surface area (Å²) in [6.07, 6.45) is -3.94. The van der Waals surface area contributed by atoms with Crippen molar-refractivity contribution in [3.8, 4) is 0 Å². The summed E-state index contributed by atoms with van der Waals surface area (Å²) in [5.41, 5.74) is -0.819. The van der Waals surface area contributed by atoms with Crippen LogP contribution in [0.4, 0.5) is 29.3 Å². The van der Waals surface area contributed by atoms with Gasteiger partial charge in [0.25, 0.3) is 0 Å². The number of nitrogens with zero attached hydrogens (tertiary/aromatic N) is 2. The molecule has 0 saturated heterocycles. The van der Waals surface area contributed by atoms with Gasteiger partial charge in [0.1, 0.15) is 0 Å². The molecule has 2 N–H and O–H groups in total. The van der Waals surface area contributed by atoms with Crippen LogP contribution >= 0.6 is 0 Å². The third-order valence-electron chi connectivity index (χ3n) is 3.22. The number of carbonyl (C=O) groups is 1. The van der Waals surface area contributed by atoms with E-state index in [0.29, 0.717) is 18.7 Å². The maximum absolute atomic E-state index is 13.2. The van der Waals surface area contributed by atoms with Gasteiger partial charge >= 0.3 is 12.2 Å². The van der Waals surface area contributed by atoms with Gasteiger partial charge in [-0.2, -0.15) is 13.2 Å². The molecule has 0 unspecified atom stereocenters. The molecule has 0 aliphatic rings. The summed E-state index contributed by atoms with van der Waals surface area (Å²) in [7, 11) is 3.27. The van der Waals surface area contributed by atoms with Gasteiger partial charge in [0.05, 0.1) is 17.9 Å². The second kappa shape index (κ2) is 8.05. The number of urea groups is 1. The number of aliphatic hydroxyl groups excluding tert-OH is 1. The van der Waals surface area contributed by atoms with Crippen molar-refractivity contribution in [3.63, 3.8) is 0 Å². The van der Waals surface area contributed by atoms with Gasteiger partial charge in [-0.15, -0.1) is 0 Å². The largest absolute Gasteiger partial charge is 0.418 e. The highest BCUT2D eigenvalue weighted by Gasteiger charge is 2.34. The quantitative estimate of drug-likeness (QED) is 0.841. The van der Waals surface area contributed by atoms with Gasteiger partial charge in [-0.1, -0.05) is 6.92 Å². The number of aliphatic hydroxyl groups is 1. The zero-order valence-corrected chi connectivity index (χ0v) is 13.4. The van der Waals surface area contributed by atoms with E-state index in [2.05, 4.69) is 5.32 Å². The molecule has 0 radical (unpaired) electrons. The van der Waals surface area contributed by atoms with Gasteiger partial charge in [0, 0.05) is 32.9 Å². The van der Waals surface area contributed by atoms with E-state index in [-0.39, 0.29) is 18.8 Å². The molecule has 0 heterocycles. The Bertz CT molecular complexity index is 527. The number of nitrogens with one attached hydrogen (secondary N) is 1. The number of anilines is 2. The molecule has 8 heteroatoms. The first-order chi connectivity index (χ1) is 10.7. The Morgan fingerprint density at radius 3 is 2.39 bits per heavy atom. The first kappa shape index (κ1) is 19.1. The summed E-state index contributed by atoms with van der Waals surface area (Å²) < 4.78 is 39.6. The van der Waals surface area contributed by atoms with Crippen molar-refractivity contribution in [2.24, 2.45) is 0 Å². The molecule has 1 aromatic rings. The van der Waals surface area contributed by atoms with E-state index in [1.807, 2.05) is 6.92 Å². The monoisotopic (exact) mass is 333 g/mol. The van der Waals surface area contributed by atoms with Crippen LogP contribution in [-0.4, -0.2) is 49.8 Å². The first-order valence-electron chi connectivity index (χ1n) is 7.26. The lowest BCUT2D eigenvalue weighted by molar-refractivity contribution is -0.136. The third-order valence-corrected chi connectivity index (χ3v) is 3.22. The van der Waals surface area contributed by atoms with Gasteiger partial charge in [0.2, 0.25) is 0 Å². The predicted molar refractivity (Wildman–Crippen MR) is 83.7 cm³/mol. The van der Waals surface area contributed by atoms with Gasteiger partial charge in [-0.3, -0.25) is 0 Å². The standard InChI is InChI=1S/C15H22F3N3O2/c1-4-7-21(8-9-22)14(23)19-13-6-5-11(20(2)3)10-12(13)15(16,17)18/h5-6,10,22H,4,7-9H2,1-3H3,(H,19,23). The number of hydrogen-bond donors (Lipinski definition) is 2. The molecule has 1 aromatic carbocycles. The lowest BCUT2D eigenvalue weighted by Gasteiger charge is -2.23. The molecule has 0 aromatic heterocycles. The van der Waals surface area contributed by atoms with Crippen LogP contribution in [0.2, 0.25) is 0 Å². The fraction of sp³-hybridized carbons (Fsp3) is 0.533. The third kappa shape index (κ3) is 5.31. The molecule has 0 aliphatic carbocycles. The number of rotatable bonds is 6. The summed E-state index contributed by atoms with van der Waals surface area (Å²) in [4.78, 5) is 14.9. The molecule has 0 bridgehead atoms. The minimum atomic E-state index is -4.58. The first-order valence-corrected chi connectivity index (χ1v) is 7.26. The Labute approximate surface area is 133 Å². The van der Waals surface area contributed by atoms with Gasteiger partial charge in [0.15, 0.2) is 0 Å². The number of hydrogen-bond acceptors (Lipinski definition) is 3. The molecule has 0 fully saturated rings. The highest BCUT2D eigenvalue weighted by molar-refractivity contribution is 5.90. The molecule has 130 valence electrons. The molecular weight excluding hydrogens is 311 g/mol. The van der Waals surface area contributed by atoms with Crippen molar-refractivity contribution >= 4 is 17.4 Å². The highest BCUT2D eigenvalue weighted by Crippen LogP contribution is 2.37. The van der Waals surface area contributed by atoms with Crippen molar-refractivity contribution in [2.45, 2.75) is 19.5 Å². The van der Waals surface area contributed by atoms with E-state index >= 15 is 0 Å². The van der Waals surface area contributed by atoms with E-state index in [0.717, 1.165) is 6.07 Å². The number of halogens is 3. The van der Waals surface area contributed by atoms with Crippen molar-refractivity contribution in [3.05, 3.63) is 23.8 Å². The summed E-state index contributed by atoms with van der Waals surface area (Å²) in [5, 5.41) is 11.2. The maximum Gasteiger partial charge on any atom is 0.418 e. The molecule has 0 saturated carbocycles. The normalized spacial score (nSPS) is 11.3. The summed E-state index contributed by atoms with van der Waals surface area (Å²) in [5.74, 6) is 0. The number of alkyl halides is 3. The average molecular weight is 333 g/mol. The van der Waals surface area contributed by atoms with Crippen LogP contribution in [0.15, 0.2) is 18.2 Å². The lowest BCUT2D eigenvalue weighted by atomic mass is 10.1. The van der Waals surface area contributed by atoms with E-state index in [1.54, 1.807) is 19.0 Å². The zero-order chi connectivity index (χ0) is 17.6. The van der Waals surface area contributed by atoms with Gasteiger partial charge < -0.3 is 20.2 Å². The Balaban J connectivity index is 3.09. The van der Waals surface area contributed by atoms with Gasteiger partial charge in [-0.25, -0.2) is 4.79 Å². The average Bonchev–Trinajstić information content (AvgIpc) is 2.46. The predicted octanol–water partition coefficient (Wildman–Crippen LogP) is 3.01. The Morgan fingerprint density at radius 2 is 1.91 bits per heavy atom. The van der Waals surface area contributed by atoms with Crippen LogP contribution in [0.3, 0.4) is 0 Å². The topological polar surface area (TPSA) is 55.8 Å². The lowest BCUT2D eigenvalue weighted by Crippen LogP contribution is -2.38. The van der Waals surface area contributed by atoms with E-state index in [4.69, 9.17) is 5.11 Å². The number of amides is 2. The Kier molecular flexibility index (Phi) is 6.68. The van der Waals surface area contributed by atoms with Crippen LogP contribution < -0.4 is 10.2 Å². The Hall–Kier alpha value is -1.96. The van der Waals surface area contributed by atoms with Crippen LogP contribution in [0, 0.1) is 0 Å². The van der Waals surface area contributed by atoms with E-state index < -0.39 is 17.8 Å². The van der Waals surface area contributed by atoms with Gasteiger partial charge in [-0.05, 0) is 24.6 Å². The van der Waals surface area contributed by atoms with Crippen LogP contribution in [-0.2, 0) is 6.18 Å². The molecule has 5 nitrogen and oxygen atoms in total. The highest BCUT2D eigenvalue weighted by atomic mass is 19.4. The molecule has 2 amide bonds. The second-order valence-corrected chi connectivity index (χ2v) is 5.26. The summed E-state index contributed by atoms with van der Waals surface area (Å²) in [6.45, 7) is 2.00. The fourth-order valence-electron chi connectivity index (χ4n) is 2.05. The SMILES string of the molecule is CCCN(CCO)C(=O)Nc1ccc(N(C)C)cc1C(F)(F)F. The van der Waals surface area contributed by atoms with Crippen molar-refractivity contribution < 1.29 is 23.1 Å².